The predicted octanol–water partition coefficient (Wildman–Crippen LogP) is 1.48. The Morgan fingerprint density at radius 1 is 1.42 bits per heavy atom. The average Bonchev–Trinajstić information content (AvgIpc) is 3.29. The van der Waals surface area contributed by atoms with Gasteiger partial charge in [0.15, 0.2) is 0 Å². The van der Waals surface area contributed by atoms with Crippen molar-refractivity contribution < 1.29 is 14.6 Å². The molecule has 0 bridgehead atoms. The van der Waals surface area contributed by atoms with Crippen LogP contribution in [0, 0.1) is 6.92 Å². The Morgan fingerprint density at radius 2 is 2.21 bits per heavy atom. The third kappa shape index (κ3) is 2.42. The van der Waals surface area contributed by atoms with Crippen molar-refractivity contribution in [3.63, 3.8) is 0 Å². The Labute approximate surface area is 140 Å². The molecule has 0 unspecified atom stereocenters. The Hall–Kier alpha value is -2.18. The zero-order chi connectivity index (χ0) is 16.7. The van der Waals surface area contributed by atoms with Gasteiger partial charge in [0.25, 0.3) is 5.91 Å². The number of hydrogen-bond donors (Lipinski definition) is 2. The molecule has 3 atom stereocenters. The Balaban J connectivity index is 1.51. The molecule has 0 saturated carbocycles. The number of hydrogen-bond acceptors (Lipinski definition) is 4. The minimum atomic E-state index is -0.664. The van der Waals surface area contributed by atoms with Gasteiger partial charge in [-0.2, -0.15) is 5.10 Å². The van der Waals surface area contributed by atoms with Gasteiger partial charge in [-0.05, 0) is 18.9 Å². The molecule has 2 aliphatic rings. The highest BCUT2D eigenvalue weighted by Crippen LogP contribution is 2.42. The van der Waals surface area contributed by atoms with Crippen molar-refractivity contribution in [2.45, 2.75) is 31.0 Å². The van der Waals surface area contributed by atoms with Crippen molar-refractivity contribution in [2.75, 3.05) is 19.7 Å². The first-order valence-corrected chi connectivity index (χ1v) is 8.25. The minimum Gasteiger partial charge on any atom is -0.388 e. The first-order chi connectivity index (χ1) is 11.6. The van der Waals surface area contributed by atoms with Gasteiger partial charge >= 0.3 is 0 Å². The SMILES string of the molecule is Cc1[nH]ncc1C(=O)N1C[C@@H](O)[C@@]2(C[C@@H](c3ccccc3)CO2)C1. The van der Waals surface area contributed by atoms with Crippen LogP contribution in [0.15, 0.2) is 36.5 Å². The second-order valence-electron chi connectivity index (χ2n) is 6.80. The lowest BCUT2D eigenvalue weighted by atomic mass is 9.87. The van der Waals surface area contributed by atoms with E-state index in [0.29, 0.717) is 25.3 Å². The molecule has 2 aliphatic heterocycles. The number of nitrogens with zero attached hydrogens (tertiary/aromatic N) is 2. The number of H-pyrrole nitrogens is 1. The van der Waals surface area contributed by atoms with Crippen LogP contribution < -0.4 is 0 Å². The molecule has 0 aliphatic carbocycles. The van der Waals surface area contributed by atoms with E-state index in [1.165, 1.54) is 11.8 Å². The lowest BCUT2D eigenvalue weighted by Gasteiger charge is -2.26. The number of carbonyl (C=O) groups excluding carboxylic acids is 1. The largest absolute Gasteiger partial charge is 0.388 e. The molecule has 2 fully saturated rings. The number of β-amino-alcohol motifs (C(OH)–C–C–N with tert-alkyl or cyclic N) is 1. The van der Waals surface area contributed by atoms with Crippen molar-refractivity contribution in [1.29, 1.82) is 0 Å². The zero-order valence-electron chi connectivity index (χ0n) is 13.6. The molecule has 2 N–H and O–H groups in total. The summed E-state index contributed by atoms with van der Waals surface area (Å²) < 4.78 is 6.04. The molecule has 3 heterocycles. The number of benzene rings is 1. The van der Waals surface area contributed by atoms with Crippen LogP contribution in [-0.4, -0.2) is 57.5 Å². The van der Waals surface area contributed by atoms with Gasteiger partial charge in [0, 0.05) is 18.2 Å². The van der Waals surface area contributed by atoms with E-state index >= 15 is 0 Å². The number of nitrogens with one attached hydrogen (secondary N) is 1. The summed E-state index contributed by atoms with van der Waals surface area (Å²) in [5.74, 6) is 0.149. The topological polar surface area (TPSA) is 78.5 Å². The number of likely N-dealkylation sites (tertiary alicyclic amines) is 1. The van der Waals surface area contributed by atoms with Gasteiger partial charge in [-0.3, -0.25) is 9.89 Å². The molecule has 0 radical (unpaired) electrons. The number of aryl methyl sites for hydroxylation is 1. The molecule has 1 amide bonds. The smallest absolute Gasteiger partial charge is 0.257 e. The molecule has 6 heteroatoms. The van der Waals surface area contributed by atoms with Crippen LogP contribution in [0.5, 0.6) is 0 Å². The lowest BCUT2D eigenvalue weighted by Crippen LogP contribution is -2.41. The van der Waals surface area contributed by atoms with Crippen LogP contribution in [0.2, 0.25) is 0 Å². The van der Waals surface area contributed by atoms with E-state index in [4.69, 9.17) is 4.74 Å². The Kier molecular flexibility index (Phi) is 3.66. The molecular formula is C18H21N3O3. The van der Waals surface area contributed by atoms with Crippen LogP contribution in [-0.2, 0) is 4.74 Å². The zero-order valence-corrected chi connectivity index (χ0v) is 13.6. The predicted molar refractivity (Wildman–Crippen MR) is 87.7 cm³/mol. The first-order valence-electron chi connectivity index (χ1n) is 8.25. The van der Waals surface area contributed by atoms with Gasteiger partial charge in [0.05, 0.1) is 24.9 Å². The standard InChI is InChI=1S/C18H21N3O3/c1-12-15(8-19-20-12)17(23)21-9-16(22)18(11-21)7-14(10-24-18)13-5-3-2-4-6-13/h2-6,8,14,16,22H,7,9-11H2,1H3,(H,19,20)/t14-,16-,18-/m1/s1. The summed E-state index contributed by atoms with van der Waals surface area (Å²) in [7, 11) is 0. The van der Waals surface area contributed by atoms with Crippen molar-refractivity contribution in [2.24, 2.45) is 0 Å². The molecule has 1 spiro atoms. The Morgan fingerprint density at radius 3 is 2.92 bits per heavy atom. The second kappa shape index (κ2) is 5.72. The van der Waals surface area contributed by atoms with Gasteiger partial charge < -0.3 is 14.7 Å². The quantitative estimate of drug-likeness (QED) is 0.876. The number of aromatic amines is 1. The molecule has 2 aromatic rings. The fourth-order valence-electron chi connectivity index (χ4n) is 3.84. The third-order valence-corrected chi connectivity index (χ3v) is 5.24. The molecule has 2 saturated heterocycles. The molecule has 126 valence electrons. The first kappa shape index (κ1) is 15.4. The lowest BCUT2D eigenvalue weighted by molar-refractivity contribution is -0.0591. The van der Waals surface area contributed by atoms with Crippen molar-refractivity contribution in [3.8, 4) is 0 Å². The summed E-state index contributed by atoms with van der Waals surface area (Å²) >= 11 is 0. The third-order valence-electron chi connectivity index (χ3n) is 5.24. The number of aromatic nitrogens is 2. The number of amides is 1. The maximum atomic E-state index is 12.7. The van der Waals surface area contributed by atoms with E-state index in [2.05, 4.69) is 22.3 Å². The second-order valence-corrected chi connectivity index (χ2v) is 6.80. The van der Waals surface area contributed by atoms with E-state index in [-0.39, 0.29) is 11.8 Å². The summed E-state index contributed by atoms with van der Waals surface area (Å²) in [6, 6.07) is 10.2. The fraction of sp³-hybridized carbons (Fsp3) is 0.444. The highest BCUT2D eigenvalue weighted by molar-refractivity contribution is 5.95. The molecule has 1 aromatic carbocycles. The molecule has 1 aromatic heterocycles. The van der Waals surface area contributed by atoms with Crippen LogP contribution in [0.4, 0.5) is 0 Å². The van der Waals surface area contributed by atoms with Gasteiger partial charge in [0.1, 0.15) is 11.7 Å². The average molecular weight is 327 g/mol. The summed E-state index contributed by atoms with van der Waals surface area (Å²) in [4.78, 5) is 14.3. The molecule has 4 rings (SSSR count). The van der Waals surface area contributed by atoms with Crippen LogP contribution >= 0.6 is 0 Å². The number of rotatable bonds is 2. The van der Waals surface area contributed by atoms with Gasteiger partial charge in [-0.1, -0.05) is 30.3 Å². The monoisotopic (exact) mass is 327 g/mol. The van der Waals surface area contributed by atoms with E-state index in [1.54, 1.807) is 4.90 Å². The normalized spacial score (nSPS) is 29.5. The Bertz CT molecular complexity index is 745. The summed E-state index contributed by atoms with van der Waals surface area (Å²) in [6.45, 7) is 3.11. The van der Waals surface area contributed by atoms with Gasteiger partial charge in [0.2, 0.25) is 0 Å². The summed E-state index contributed by atoms with van der Waals surface area (Å²) in [5.41, 5.74) is 1.85. The maximum absolute atomic E-state index is 12.7. The van der Waals surface area contributed by atoms with E-state index < -0.39 is 11.7 Å². The van der Waals surface area contributed by atoms with E-state index in [9.17, 15) is 9.90 Å². The number of aliphatic hydroxyl groups excluding tert-OH is 1. The highest BCUT2D eigenvalue weighted by atomic mass is 16.5. The molecular weight excluding hydrogens is 306 g/mol. The van der Waals surface area contributed by atoms with E-state index in [0.717, 1.165) is 12.1 Å². The van der Waals surface area contributed by atoms with E-state index in [1.807, 2.05) is 25.1 Å². The van der Waals surface area contributed by atoms with Crippen LogP contribution in [0.3, 0.4) is 0 Å². The summed E-state index contributed by atoms with van der Waals surface area (Å²) in [6.07, 6.45) is 1.60. The maximum Gasteiger partial charge on any atom is 0.257 e. The highest BCUT2D eigenvalue weighted by Gasteiger charge is 2.53. The fourth-order valence-corrected chi connectivity index (χ4v) is 3.84. The van der Waals surface area contributed by atoms with Gasteiger partial charge in [-0.25, -0.2) is 0 Å². The molecule has 6 nitrogen and oxygen atoms in total. The number of aliphatic hydroxyl groups is 1. The minimum absolute atomic E-state index is 0.107. The van der Waals surface area contributed by atoms with Crippen molar-refractivity contribution >= 4 is 5.91 Å². The number of ether oxygens (including phenoxy) is 1. The summed E-state index contributed by atoms with van der Waals surface area (Å²) in [5, 5.41) is 17.3. The number of carbonyl (C=O) groups is 1. The van der Waals surface area contributed by atoms with Crippen LogP contribution in [0.25, 0.3) is 0 Å². The molecule has 24 heavy (non-hydrogen) atoms. The van der Waals surface area contributed by atoms with Gasteiger partial charge in [-0.15, -0.1) is 0 Å². The van der Waals surface area contributed by atoms with Crippen LogP contribution in [0.1, 0.15) is 34.0 Å². The van der Waals surface area contributed by atoms with Crippen molar-refractivity contribution in [1.82, 2.24) is 15.1 Å². The van der Waals surface area contributed by atoms with Crippen molar-refractivity contribution in [3.05, 3.63) is 53.3 Å².